The topological polar surface area (TPSA) is 54.2 Å². The molecule has 2 heterocycles. The zero-order chi connectivity index (χ0) is 13.1. The molecule has 96 valence electrons. The second kappa shape index (κ2) is 5.18. The highest BCUT2D eigenvalue weighted by molar-refractivity contribution is 5.40. The number of aryl methyl sites for hydroxylation is 1. The Hall–Kier alpha value is -1.88. The molecule has 5 nitrogen and oxygen atoms in total. The van der Waals surface area contributed by atoms with Crippen molar-refractivity contribution in [1.82, 2.24) is 14.5 Å². The maximum Gasteiger partial charge on any atom is 0.128 e. The van der Waals surface area contributed by atoms with Gasteiger partial charge in [-0.3, -0.25) is 0 Å². The van der Waals surface area contributed by atoms with Gasteiger partial charge in [0, 0.05) is 32.7 Å². The Morgan fingerprint density at radius 1 is 1.39 bits per heavy atom. The van der Waals surface area contributed by atoms with Gasteiger partial charge < -0.3 is 14.6 Å². The Labute approximate surface area is 107 Å². The van der Waals surface area contributed by atoms with E-state index in [1.807, 2.05) is 41.9 Å². The van der Waals surface area contributed by atoms with Gasteiger partial charge in [0.2, 0.25) is 0 Å². The first-order chi connectivity index (χ1) is 8.58. The quantitative estimate of drug-likeness (QED) is 0.888. The maximum atomic E-state index is 9.57. The molecule has 0 unspecified atom stereocenters. The second-order valence-electron chi connectivity index (χ2n) is 4.43. The van der Waals surface area contributed by atoms with Gasteiger partial charge in [-0.2, -0.15) is 0 Å². The Morgan fingerprint density at radius 2 is 2.17 bits per heavy atom. The van der Waals surface area contributed by atoms with E-state index in [0.29, 0.717) is 6.54 Å². The third kappa shape index (κ3) is 2.68. The van der Waals surface area contributed by atoms with E-state index in [1.165, 1.54) is 0 Å². The first-order valence-electron chi connectivity index (χ1n) is 5.89. The van der Waals surface area contributed by atoms with E-state index in [-0.39, 0.29) is 0 Å². The van der Waals surface area contributed by atoms with Gasteiger partial charge in [-0.25, -0.2) is 9.97 Å². The summed E-state index contributed by atoms with van der Waals surface area (Å²) in [7, 11) is 3.93. The molecule has 0 amide bonds. The third-order valence-electron chi connectivity index (χ3n) is 2.94. The molecule has 1 atom stereocenters. The standard InChI is InChI=1S/C13H18N4O/c1-10(18)11-4-5-14-12(8-11)17(3)9-13-15-6-7-16(13)2/h4-8,10,18H,9H2,1-3H3/t10-/m1/s1. The molecule has 0 spiro atoms. The number of hydrogen-bond acceptors (Lipinski definition) is 4. The van der Waals surface area contributed by atoms with E-state index in [2.05, 4.69) is 9.97 Å². The Morgan fingerprint density at radius 3 is 2.78 bits per heavy atom. The van der Waals surface area contributed by atoms with Crippen molar-refractivity contribution in [1.29, 1.82) is 0 Å². The van der Waals surface area contributed by atoms with Crippen LogP contribution in [-0.2, 0) is 13.6 Å². The van der Waals surface area contributed by atoms with Crippen LogP contribution in [0.3, 0.4) is 0 Å². The van der Waals surface area contributed by atoms with E-state index in [1.54, 1.807) is 19.3 Å². The number of pyridine rings is 1. The predicted octanol–water partition coefficient (Wildman–Crippen LogP) is 1.50. The molecule has 0 aromatic carbocycles. The molecule has 0 radical (unpaired) electrons. The number of anilines is 1. The van der Waals surface area contributed by atoms with E-state index < -0.39 is 6.10 Å². The molecule has 2 rings (SSSR count). The zero-order valence-electron chi connectivity index (χ0n) is 10.9. The van der Waals surface area contributed by atoms with Crippen molar-refractivity contribution in [3.8, 4) is 0 Å². The van der Waals surface area contributed by atoms with Crippen molar-refractivity contribution in [2.24, 2.45) is 7.05 Å². The number of rotatable bonds is 4. The van der Waals surface area contributed by atoms with Crippen LogP contribution < -0.4 is 4.90 Å². The molecule has 5 heteroatoms. The van der Waals surface area contributed by atoms with Crippen LogP contribution in [0.15, 0.2) is 30.7 Å². The summed E-state index contributed by atoms with van der Waals surface area (Å²) in [5.41, 5.74) is 0.867. The van der Waals surface area contributed by atoms with Crippen LogP contribution in [0, 0.1) is 0 Å². The van der Waals surface area contributed by atoms with Crippen LogP contribution in [-0.4, -0.2) is 26.7 Å². The van der Waals surface area contributed by atoms with Crippen LogP contribution in [0.25, 0.3) is 0 Å². The minimum absolute atomic E-state index is 0.478. The van der Waals surface area contributed by atoms with Crippen molar-refractivity contribution in [3.63, 3.8) is 0 Å². The molecule has 0 saturated carbocycles. The molecule has 0 saturated heterocycles. The maximum absolute atomic E-state index is 9.57. The highest BCUT2D eigenvalue weighted by atomic mass is 16.3. The van der Waals surface area contributed by atoms with Crippen molar-refractivity contribution in [2.75, 3.05) is 11.9 Å². The monoisotopic (exact) mass is 246 g/mol. The summed E-state index contributed by atoms with van der Waals surface area (Å²) in [6.07, 6.45) is 4.94. The van der Waals surface area contributed by atoms with Gasteiger partial charge in [-0.05, 0) is 24.6 Å². The van der Waals surface area contributed by atoms with Gasteiger partial charge in [0.25, 0.3) is 0 Å². The fourth-order valence-electron chi connectivity index (χ4n) is 1.74. The smallest absolute Gasteiger partial charge is 0.128 e. The van der Waals surface area contributed by atoms with Gasteiger partial charge in [-0.1, -0.05) is 0 Å². The highest BCUT2D eigenvalue weighted by Crippen LogP contribution is 2.18. The summed E-state index contributed by atoms with van der Waals surface area (Å²) in [6, 6.07) is 3.72. The average molecular weight is 246 g/mol. The van der Waals surface area contributed by atoms with Crippen molar-refractivity contribution in [3.05, 3.63) is 42.1 Å². The van der Waals surface area contributed by atoms with Crippen LogP contribution in [0.4, 0.5) is 5.82 Å². The average Bonchev–Trinajstić information content (AvgIpc) is 2.75. The normalized spacial score (nSPS) is 12.4. The molecule has 1 N–H and O–H groups in total. The lowest BCUT2D eigenvalue weighted by Gasteiger charge is -2.18. The molecule has 0 fully saturated rings. The fraction of sp³-hybridized carbons (Fsp3) is 0.385. The van der Waals surface area contributed by atoms with Crippen LogP contribution in [0.5, 0.6) is 0 Å². The van der Waals surface area contributed by atoms with Gasteiger partial charge in [-0.15, -0.1) is 0 Å². The fourth-order valence-corrected chi connectivity index (χ4v) is 1.74. The first kappa shape index (κ1) is 12.6. The highest BCUT2D eigenvalue weighted by Gasteiger charge is 2.09. The van der Waals surface area contributed by atoms with E-state index in [0.717, 1.165) is 17.2 Å². The Kier molecular flexibility index (Phi) is 3.62. The molecule has 2 aromatic heterocycles. The van der Waals surface area contributed by atoms with Crippen molar-refractivity contribution >= 4 is 5.82 Å². The molecule has 0 aliphatic carbocycles. The summed E-state index contributed by atoms with van der Waals surface area (Å²) >= 11 is 0. The molecule has 0 aliphatic rings. The summed E-state index contributed by atoms with van der Waals surface area (Å²) in [5.74, 6) is 1.80. The molecule has 0 bridgehead atoms. The largest absolute Gasteiger partial charge is 0.389 e. The molecule has 18 heavy (non-hydrogen) atoms. The lowest BCUT2D eigenvalue weighted by molar-refractivity contribution is 0.199. The lowest BCUT2D eigenvalue weighted by Crippen LogP contribution is -2.20. The number of aliphatic hydroxyl groups excluding tert-OH is 1. The number of hydrogen-bond donors (Lipinski definition) is 1. The Balaban J connectivity index is 2.16. The number of nitrogens with zero attached hydrogens (tertiary/aromatic N) is 4. The number of imidazole rings is 1. The molecule has 2 aromatic rings. The summed E-state index contributed by atoms with van der Waals surface area (Å²) in [5, 5.41) is 9.57. The molecule has 0 aliphatic heterocycles. The third-order valence-corrected chi connectivity index (χ3v) is 2.94. The number of aromatic nitrogens is 3. The molecular formula is C13H18N4O. The van der Waals surface area contributed by atoms with Crippen molar-refractivity contribution < 1.29 is 5.11 Å². The molecular weight excluding hydrogens is 228 g/mol. The van der Waals surface area contributed by atoms with Crippen molar-refractivity contribution in [2.45, 2.75) is 19.6 Å². The summed E-state index contributed by atoms with van der Waals surface area (Å²) in [6.45, 7) is 2.43. The first-order valence-corrected chi connectivity index (χ1v) is 5.89. The van der Waals surface area contributed by atoms with Gasteiger partial charge >= 0.3 is 0 Å². The summed E-state index contributed by atoms with van der Waals surface area (Å²) < 4.78 is 1.98. The minimum Gasteiger partial charge on any atom is -0.389 e. The van der Waals surface area contributed by atoms with Gasteiger partial charge in [0.05, 0.1) is 12.6 Å². The zero-order valence-corrected chi connectivity index (χ0v) is 10.9. The lowest BCUT2D eigenvalue weighted by atomic mass is 10.2. The Bertz CT molecular complexity index is 521. The van der Waals surface area contributed by atoms with Crippen LogP contribution in [0.2, 0.25) is 0 Å². The van der Waals surface area contributed by atoms with E-state index >= 15 is 0 Å². The predicted molar refractivity (Wildman–Crippen MR) is 70.2 cm³/mol. The van der Waals surface area contributed by atoms with Crippen LogP contribution in [0.1, 0.15) is 24.4 Å². The van der Waals surface area contributed by atoms with Gasteiger partial charge in [0.15, 0.2) is 0 Å². The summed E-state index contributed by atoms with van der Waals surface area (Å²) in [4.78, 5) is 10.6. The second-order valence-corrected chi connectivity index (χ2v) is 4.43. The SMILES string of the molecule is C[C@@H](O)c1ccnc(N(C)Cc2nccn2C)c1. The minimum atomic E-state index is -0.478. The number of aliphatic hydroxyl groups is 1. The van der Waals surface area contributed by atoms with Crippen LogP contribution >= 0.6 is 0 Å². The van der Waals surface area contributed by atoms with E-state index in [9.17, 15) is 5.11 Å². The van der Waals surface area contributed by atoms with E-state index in [4.69, 9.17) is 0 Å². The van der Waals surface area contributed by atoms with Gasteiger partial charge in [0.1, 0.15) is 11.6 Å².